The largest absolute Gasteiger partial charge is 0.477 e. The molecule has 6 nitrogen and oxygen atoms in total. The maximum Gasteiger partial charge on any atom is 0.311 e. The minimum atomic E-state index is -0.702. The van der Waals surface area contributed by atoms with Gasteiger partial charge in [-0.15, -0.1) is 0 Å². The van der Waals surface area contributed by atoms with Crippen molar-refractivity contribution in [1.29, 1.82) is 0 Å². The molecule has 0 aliphatic carbocycles. The molecular formula is C14H10FIN2O4. The lowest BCUT2D eigenvalue weighted by Gasteiger charge is -2.09. The molecule has 2 aromatic rings. The molecular weight excluding hydrogens is 406 g/mol. The van der Waals surface area contributed by atoms with Crippen LogP contribution >= 0.6 is 22.6 Å². The highest BCUT2D eigenvalue weighted by molar-refractivity contribution is 14.1. The third-order valence-electron chi connectivity index (χ3n) is 2.63. The third kappa shape index (κ3) is 4.13. The van der Waals surface area contributed by atoms with Gasteiger partial charge in [0.1, 0.15) is 5.82 Å². The lowest BCUT2D eigenvalue weighted by Crippen LogP contribution is -2.21. The minimum absolute atomic E-state index is 0.289. The Balaban J connectivity index is 2.04. The summed E-state index contributed by atoms with van der Waals surface area (Å²) in [7, 11) is 0. The van der Waals surface area contributed by atoms with Crippen molar-refractivity contribution < 1.29 is 18.8 Å². The number of benzene rings is 2. The fourth-order valence-corrected chi connectivity index (χ4v) is 2.17. The summed E-state index contributed by atoms with van der Waals surface area (Å²) < 4.78 is 19.0. The van der Waals surface area contributed by atoms with Crippen LogP contribution in [0.3, 0.4) is 0 Å². The Kier molecular flexibility index (Phi) is 5.26. The van der Waals surface area contributed by atoms with E-state index < -0.39 is 28.9 Å². The van der Waals surface area contributed by atoms with E-state index in [2.05, 4.69) is 27.9 Å². The number of hydrogen-bond acceptors (Lipinski definition) is 4. The van der Waals surface area contributed by atoms with Gasteiger partial charge in [-0.1, -0.05) is 12.1 Å². The van der Waals surface area contributed by atoms with E-state index in [1.807, 2.05) is 12.1 Å². The van der Waals surface area contributed by atoms with Crippen LogP contribution in [0.25, 0.3) is 0 Å². The van der Waals surface area contributed by atoms with Gasteiger partial charge >= 0.3 is 5.69 Å². The Morgan fingerprint density at radius 3 is 2.73 bits per heavy atom. The standard InChI is InChI=1S/C14H10FIN2O4/c15-9-5-6-12(18(20)21)13(7-9)22-8-14(19)17-11-4-2-1-3-10(11)16/h1-7H,8H2,(H,17,19). The van der Waals surface area contributed by atoms with Crippen molar-refractivity contribution in [3.63, 3.8) is 0 Å². The first-order valence-corrected chi connectivity index (χ1v) is 7.16. The predicted molar refractivity (Wildman–Crippen MR) is 86.3 cm³/mol. The van der Waals surface area contributed by atoms with Crippen molar-refractivity contribution in [3.05, 3.63) is 62.0 Å². The van der Waals surface area contributed by atoms with Crippen molar-refractivity contribution in [2.45, 2.75) is 0 Å². The Bertz CT molecular complexity index is 724. The number of anilines is 1. The summed E-state index contributed by atoms with van der Waals surface area (Å²) >= 11 is 2.06. The summed E-state index contributed by atoms with van der Waals surface area (Å²) in [6.45, 7) is -0.463. The second-order valence-corrected chi connectivity index (χ2v) is 5.35. The van der Waals surface area contributed by atoms with Gasteiger partial charge in [-0.2, -0.15) is 0 Å². The second kappa shape index (κ2) is 7.16. The fraction of sp³-hybridized carbons (Fsp3) is 0.0714. The van der Waals surface area contributed by atoms with Gasteiger partial charge < -0.3 is 10.1 Å². The third-order valence-corrected chi connectivity index (χ3v) is 3.57. The molecule has 0 aromatic heterocycles. The molecule has 0 fully saturated rings. The van der Waals surface area contributed by atoms with Crippen LogP contribution in [-0.2, 0) is 4.79 Å². The number of para-hydroxylation sites is 1. The first kappa shape index (κ1) is 16.1. The second-order valence-electron chi connectivity index (χ2n) is 4.19. The van der Waals surface area contributed by atoms with Gasteiger partial charge in [0.25, 0.3) is 5.91 Å². The highest BCUT2D eigenvalue weighted by Crippen LogP contribution is 2.27. The Morgan fingerprint density at radius 2 is 2.05 bits per heavy atom. The summed E-state index contributed by atoms with van der Waals surface area (Å²) in [4.78, 5) is 21.9. The van der Waals surface area contributed by atoms with E-state index in [4.69, 9.17) is 4.74 Å². The van der Waals surface area contributed by atoms with E-state index in [1.54, 1.807) is 12.1 Å². The van der Waals surface area contributed by atoms with E-state index in [-0.39, 0.29) is 5.75 Å². The topological polar surface area (TPSA) is 81.5 Å². The van der Waals surface area contributed by atoms with Crippen LogP contribution in [0, 0.1) is 19.5 Å². The molecule has 114 valence electrons. The fourth-order valence-electron chi connectivity index (χ4n) is 1.65. The van der Waals surface area contributed by atoms with Crippen molar-refractivity contribution in [2.75, 3.05) is 11.9 Å². The quantitative estimate of drug-likeness (QED) is 0.461. The van der Waals surface area contributed by atoms with E-state index in [0.717, 1.165) is 21.8 Å². The molecule has 0 heterocycles. The normalized spacial score (nSPS) is 10.1. The molecule has 1 N–H and O–H groups in total. The molecule has 0 radical (unpaired) electrons. The van der Waals surface area contributed by atoms with E-state index in [1.165, 1.54) is 0 Å². The highest BCUT2D eigenvalue weighted by atomic mass is 127. The van der Waals surface area contributed by atoms with Crippen LogP contribution in [0.4, 0.5) is 15.8 Å². The van der Waals surface area contributed by atoms with Gasteiger partial charge in [0.2, 0.25) is 5.75 Å². The monoisotopic (exact) mass is 416 g/mol. The maximum absolute atomic E-state index is 13.1. The number of carbonyl (C=O) groups is 1. The van der Waals surface area contributed by atoms with Gasteiger partial charge in [-0.3, -0.25) is 14.9 Å². The zero-order valence-corrected chi connectivity index (χ0v) is 13.2. The van der Waals surface area contributed by atoms with Crippen molar-refractivity contribution >= 4 is 39.9 Å². The lowest BCUT2D eigenvalue weighted by molar-refractivity contribution is -0.385. The van der Waals surface area contributed by atoms with Gasteiger partial charge in [-0.25, -0.2) is 4.39 Å². The molecule has 0 unspecified atom stereocenters. The Labute approximate surface area is 138 Å². The van der Waals surface area contributed by atoms with E-state index in [0.29, 0.717) is 5.69 Å². The minimum Gasteiger partial charge on any atom is -0.477 e. The number of ether oxygens (including phenoxy) is 1. The molecule has 8 heteroatoms. The average Bonchev–Trinajstić information content (AvgIpc) is 2.47. The number of nitro groups is 1. The van der Waals surface area contributed by atoms with Crippen LogP contribution in [0.2, 0.25) is 0 Å². The first-order valence-electron chi connectivity index (χ1n) is 6.08. The van der Waals surface area contributed by atoms with Crippen LogP contribution in [-0.4, -0.2) is 17.4 Å². The maximum atomic E-state index is 13.1. The molecule has 0 bridgehead atoms. The summed E-state index contributed by atoms with van der Waals surface area (Å²) in [6.07, 6.45) is 0. The van der Waals surface area contributed by atoms with Crippen LogP contribution < -0.4 is 10.1 Å². The van der Waals surface area contributed by atoms with Crippen LogP contribution in [0.5, 0.6) is 5.75 Å². The molecule has 0 saturated carbocycles. The molecule has 2 aromatic carbocycles. The Morgan fingerprint density at radius 1 is 1.32 bits per heavy atom. The van der Waals surface area contributed by atoms with Crippen LogP contribution in [0.15, 0.2) is 42.5 Å². The lowest BCUT2D eigenvalue weighted by atomic mass is 10.3. The molecule has 1 amide bonds. The SMILES string of the molecule is O=C(COc1cc(F)ccc1[N+](=O)[O-])Nc1ccccc1I. The summed E-state index contributed by atoms with van der Waals surface area (Å²) in [5, 5.41) is 13.4. The molecule has 2 rings (SSSR count). The summed E-state index contributed by atoms with van der Waals surface area (Å²) in [5.74, 6) is -1.47. The molecule has 0 aliphatic heterocycles. The molecule has 0 aliphatic rings. The van der Waals surface area contributed by atoms with Gasteiger partial charge in [0.05, 0.1) is 10.6 Å². The Hall–Kier alpha value is -2.23. The van der Waals surface area contributed by atoms with Crippen molar-refractivity contribution in [2.24, 2.45) is 0 Å². The van der Waals surface area contributed by atoms with Crippen LogP contribution in [0.1, 0.15) is 0 Å². The van der Waals surface area contributed by atoms with Gasteiger partial charge in [0.15, 0.2) is 6.61 Å². The molecule has 0 atom stereocenters. The summed E-state index contributed by atoms with van der Waals surface area (Å²) in [6, 6.07) is 9.93. The number of carbonyl (C=O) groups excluding carboxylic acids is 1. The van der Waals surface area contributed by atoms with Crippen molar-refractivity contribution in [1.82, 2.24) is 0 Å². The first-order chi connectivity index (χ1) is 10.5. The number of halogens is 2. The number of nitro benzene ring substituents is 1. The smallest absolute Gasteiger partial charge is 0.311 e. The zero-order chi connectivity index (χ0) is 16.1. The molecule has 22 heavy (non-hydrogen) atoms. The number of nitrogens with zero attached hydrogens (tertiary/aromatic N) is 1. The molecule has 0 spiro atoms. The highest BCUT2D eigenvalue weighted by Gasteiger charge is 2.17. The number of hydrogen-bond donors (Lipinski definition) is 1. The number of nitrogens with one attached hydrogen (secondary N) is 1. The number of amides is 1. The number of rotatable bonds is 5. The van der Waals surface area contributed by atoms with E-state index in [9.17, 15) is 19.3 Å². The summed E-state index contributed by atoms with van der Waals surface area (Å²) in [5.41, 5.74) is 0.203. The predicted octanol–water partition coefficient (Wildman–Crippen LogP) is 3.36. The average molecular weight is 416 g/mol. The van der Waals surface area contributed by atoms with E-state index >= 15 is 0 Å². The molecule has 0 saturated heterocycles. The zero-order valence-electron chi connectivity index (χ0n) is 11.1. The van der Waals surface area contributed by atoms with Gasteiger partial charge in [0, 0.05) is 15.7 Å². The van der Waals surface area contributed by atoms with Crippen molar-refractivity contribution in [3.8, 4) is 5.75 Å². The van der Waals surface area contributed by atoms with Gasteiger partial charge in [-0.05, 0) is 40.8 Å².